The number of hydrogen-bond acceptors (Lipinski definition) is 7. The second-order valence-corrected chi connectivity index (χ2v) is 19.4. The van der Waals surface area contributed by atoms with Crippen molar-refractivity contribution in [1.82, 2.24) is 0 Å². The van der Waals surface area contributed by atoms with Crippen molar-refractivity contribution in [2.24, 2.45) is 0 Å². The van der Waals surface area contributed by atoms with Crippen LogP contribution in [0.2, 0.25) is 5.04 Å². The molecule has 0 saturated carbocycles. The topological polar surface area (TPSA) is 80.3 Å². The summed E-state index contributed by atoms with van der Waals surface area (Å²) in [7, 11) is -3.84. The van der Waals surface area contributed by atoms with Crippen LogP contribution in [0.4, 0.5) is 0 Å². The molecule has 9 heteroatoms. The van der Waals surface area contributed by atoms with Gasteiger partial charge in [-0.15, -0.1) is 0 Å². The molecule has 4 rings (SSSR count). The van der Waals surface area contributed by atoms with Crippen LogP contribution >= 0.6 is 7.60 Å². The minimum Gasteiger partial charge on any atom is -0.407 e. The van der Waals surface area contributed by atoms with Crippen LogP contribution in [0.15, 0.2) is 121 Å². The van der Waals surface area contributed by atoms with Crippen LogP contribution in [0.25, 0.3) is 0 Å². The van der Waals surface area contributed by atoms with E-state index in [0.717, 1.165) is 11.1 Å². The first-order valence-corrected chi connectivity index (χ1v) is 20.0. The molecule has 48 heavy (non-hydrogen) atoms. The zero-order chi connectivity index (χ0) is 34.5. The average Bonchev–Trinajstić information content (AvgIpc) is 3.11. The van der Waals surface area contributed by atoms with Gasteiger partial charge in [0.2, 0.25) is 0 Å². The summed E-state index contributed by atoms with van der Waals surface area (Å²) >= 11 is 0. The highest BCUT2D eigenvalue weighted by molar-refractivity contribution is 7.54. The molecule has 0 unspecified atom stereocenters. The van der Waals surface area contributed by atoms with Gasteiger partial charge in [0.25, 0.3) is 8.32 Å². The maximum atomic E-state index is 13.7. The lowest BCUT2D eigenvalue weighted by molar-refractivity contribution is -0.132. The van der Waals surface area contributed by atoms with Crippen molar-refractivity contribution in [3.05, 3.63) is 132 Å². The Labute approximate surface area is 287 Å². The minimum atomic E-state index is -3.61. The Kier molecular flexibility index (Phi) is 14.1. The van der Waals surface area contributed by atoms with Crippen molar-refractivity contribution >= 4 is 32.1 Å². The third-order valence-electron chi connectivity index (χ3n) is 8.54. The summed E-state index contributed by atoms with van der Waals surface area (Å²) < 4.78 is 43.2. The number of rotatable bonds is 19. The molecule has 4 aromatic rings. The SMILES string of the molecule is COP(=O)(CC(=O)[C@@H](C[C@@H](CCO[Si](c1ccccc1)(c1ccccc1)C(C)(C)C)OCc1ccccc1)OCc1ccccc1)OC. The second kappa shape index (κ2) is 18.0. The maximum absolute atomic E-state index is 13.7. The summed E-state index contributed by atoms with van der Waals surface area (Å²) in [6, 6.07) is 40.6. The molecule has 0 aliphatic carbocycles. The molecule has 0 spiro atoms. The fraction of sp³-hybridized carbons (Fsp3) is 0.359. The highest BCUT2D eigenvalue weighted by Gasteiger charge is 2.50. The Balaban J connectivity index is 1.62. The molecule has 0 aliphatic heterocycles. The Morgan fingerprint density at radius 1 is 0.688 bits per heavy atom. The Morgan fingerprint density at radius 3 is 1.56 bits per heavy atom. The van der Waals surface area contributed by atoms with E-state index in [1.165, 1.54) is 24.6 Å². The molecule has 0 fully saturated rings. The average molecular weight is 689 g/mol. The van der Waals surface area contributed by atoms with Crippen LogP contribution in [0.1, 0.15) is 44.7 Å². The predicted octanol–water partition coefficient (Wildman–Crippen LogP) is 7.57. The zero-order valence-corrected chi connectivity index (χ0v) is 30.6. The second-order valence-electron chi connectivity index (χ2n) is 12.8. The van der Waals surface area contributed by atoms with Crippen LogP contribution in [-0.4, -0.2) is 53.3 Å². The summed E-state index contributed by atoms with van der Waals surface area (Å²) in [5.41, 5.74) is 1.94. The third-order valence-corrected chi connectivity index (χ3v) is 15.4. The molecule has 4 aromatic carbocycles. The van der Waals surface area contributed by atoms with Gasteiger partial charge in [0.05, 0.1) is 19.3 Å². The van der Waals surface area contributed by atoms with Crippen molar-refractivity contribution in [3.63, 3.8) is 0 Å². The number of carbonyl (C=O) groups excluding carboxylic acids is 1. The standard InChI is InChI=1S/C39H49O7PSi/c1-39(2,3)48(35-22-14-8-15-23-35,36-24-16-9-17-25-36)46-27-26-34(44-29-32-18-10-6-11-19-32)28-38(37(40)31-47(41,42-4)43-5)45-30-33-20-12-7-13-21-33/h6-25,34,38H,26-31H2,1-5H3/t34-,38-/m1/s1. The number of hydrogen-bond donors (Lipinski definition) is 0. The Morgan fingerprint density at radius 2 is 1.12 bits per heavy atom. The monoisotopic (exact) mass is 688 g/mol. The van der Waals surface area contributed by atoms with Crippen molar-refractivity contribution in [2.75, 3.05) is 27.0 Å². The van der Waals surface area contributed by atoms with Crippen LogP contribution in [0.3, 0.4) is 0 Å². The molecule has 2 atom stereocenters. The summed E-state index contributed by atoms with van der Waals surface area (Å²) in [6.07, 6.45) is -0.948. The molecule has 0 aromatic heterocycles. The van der Waals surface area contributed by atoms with E-state index in [0.29, 0.717) is 19.6 Å². The number of carbonyl (C=O) groups is 1. The van der Waals surface area contributed by atoms with E-state index in [-0.39, 0.29) is 23.8 Å². The van der Waals surface area contributed by atoms with Crippen LogP contribution in [-0.2, 0) is 45.5 Å². The normalized spacial score (nSPS) is 13.6. The van der Waals surface area contributed by atoms with Gasteiger partial charge >= 0.3 is 7.60 Å². The molecule has 0 amide bonds. The molecule has 0 aliphatic rings. The van der Waals surface area contributed by atoms with Crippen molar-refractivity contribution in [3.8, 4) is 0 Å². The lowest BCUT2D eigenvalue weighted by Crippen LogP contribution is -2.66. The van der Waals surface area contributed by atoms with E-state index in [2.05, 4.69) is 69.3 Å². The molecule has 0 bridgehead atoms. The Bertz CT molecular complexity index is 1520. The van der Waals surface area contributed by atoms with Crippen molar-refractivity contribution in [2.45, 2.75) is 64.1 Å². The van der Waals surface area contributed by atoms with Gasteiger partial charge in [-0.3, -0.25) is 9.36 Å². The molecule has 0 radical (unpaired) electrons. The van der Waals surface area contributed by atoms with Gasteiger partial charge in [-0.05, 0) is 33.0 Å². The third kappa shape index (κ3) is 10.2. The molecular weight excluding hydrogens is 639 g/mol. The molecule has 0 heterocycles. The highest BCUT2D eigenvalue weighted by Crippen LogP contribution is 2.46. The van der Waals surface area contributed by atoms with Gasteiger partial charge in [-0.1, -0.05) is 142 Å². The van der Waals surface area contributed by atoms with E-state index < -0.39 is 34.3 Å². The molecule has 0 N–H and O–H groups in total. The lowest BCUT2D eigenvalue weighted by atomic mass is 10.1. The summed E-state index contributed by atoms with van der Waals surface area (Å²) in [6.45, 7) is 7.72. The van der Waals surface area contributed by atoms with Crippen molar-refractivity contribution in [1.29, 1.82) is 0 Å². The van der Waals surface area contributed by atoms with Gasteiger partial charge in [-0.2, -0.15) is 0 Å². The molecule has 7 nitrogen and oxygen atoms in total. The van der Waals surface area contributed by atoms with Crippen LogP contribution < -0.4 is 10.4 Å². The van der Waals surface area contributed by atoms with Crippen LogP contribution in [0, 0.1) is 0 Å². The fourth-order valence-electron chi connectivity index (χ4n) is 5.96. The summed E-state index contributed by atoms with van der Waals surface area (Å²) in [5, 5.41) is 2.20. The van der Waals surface area contributed by atoms with Gasteiger partial charge in [0.1, 0.15) is 12.3 Å². The quantitative estimate of drug-likeness (QED) is 0.0743. The lowest BCUT2D eigenvalue weighted by Gasteiger charge is -2.43. The number of benzene rings is 4. The number of ether oxygens (including phenoxy) is 2. The van der Waals surface area contributed by atoms with Gasteiger partial charge in [-0.25, -0.2) is 0 Å². The van der Waals surface area contributed by atoms with Gasteiger partial charge in [0.15, 0.2) is 5.78 Å². The maximum Gasteiger partial charge on any atom is 0.337 e. The fourth-order valence-corrected chi connectivity index (χ4v) is 11.5. The molecule has 0 saturated heterocycles. The highest BCUT2D eigenvalue weighted by atomic mass is 31.2. The van der Waals surface area contributed by atoms with Gasteiger partial charge in [0, 0.05) is 27.2 Å². The van der Waals surface area contributed by atoms with Crippen molar-refractivity contribution < 1.29 is 32.3 Å². The number of Topliss-reactive ketones (excluding diaryl/α,β-unsaturated/α-hetero) is 1. The first-order valence-electron chi connectivity index (χ1n) is 16.4. The summed E-state index contributed by atoms with van der Waals surface area (Å²) in [4.78, 5) is 13.7. The van der Waals surface area contributed by atoms with Crippen LogP contribution in [0.5, 0.6) is 0 Å². The Hall–Kier alpha value is -3.20. The minimum absolute atomic E-state index is 0.186. The number of ketones is 1. The summed E-state index contributed by atoms with van der Waals surface area (Å²) in [5.74, 6) is -0.362. The molecular formula is C39H49O7PSi. The van der Waals surface area contributed by atoms with E-state index in [1.54, 1.807) is 0 Å². The largest absolute Gasteiger partial charge is 0.407 e. The van der Waals surface area contributed by atoms with Gasteiger partial charge < -0.3 is 22.9 Å². The predicted molar refractivity (Wildman–Crippen MR) is 194 cm³/mol. The van der Waals surface area contributed by atoms with E-state index in [9.17, 15) is 9.36 Å². The van der Waals surface area contributed by atoms with E-state index in [1.807, 2.05) is 72.8 Å². The van der Waals surface area contributed by atoms with E-state index >= 15 is 0 Å². The zero-order valence-electron chi connectivity index (χ0n) is 28.7. The molecule has 256 valence electrons. The first kappa shape index (κ1) is 37.6. The smallest absolute Gasteiger partial charge is 0.337 e. The van der Waals surface area contributed by atoms with E-state index in [4.69, 9.17) is 22.9 Å². The first-order chi connectivity index (χ1) is 23.1.